The molecule has 0 aliphatic heterocycles. The van der Waals surface area contributed by atoms with Crippen molar-refractivity contribution in [3.63, 3.8) is 0 Å². The molecule has 0 spiro atoms. The minimum absolute atomic E-state index is 0.0388. The quantitative estimate of drug-likeness (QED) is 0.379. The molecule has 10 heteroatoms. The van der Waals surface area contributed by atoms with Crippen molar-refractivity contribution < 1.29 is 18.3 Å². The molecule has 0 saturated heterocycles. The Morgan fingerprint density at radius 1 is 1.10 bits per heavy atom. The van der Waals surface area contributed by atoms with Crippen LogP contribution in [0, 0.1) is 6.92 Å². The minimum atomic E-state index is -3.83. The van der Waals surface area contributed by atoms with Crippen molar-refractivity contribution in [2.24, 2.45) is 10.2 Å². The summed E-state index contributed by atoms with van der Waals surface area (Å²) in [6.45, 7) is 1.88. The molecule has 0 atom stereocenters. The lowest BCUT2D eigenvalue weighted by Gasteiger charge is -2.09. The maximum atomic E-state index is 12.7. The summed E-state index contributed by atoms with van der Waals surface area (Å²) in [6, 6.07) is 14.7. The van der Waals surface area contributed by atoms with Crippen molar-refractivity contribution in [3.05, 3.63) is 71.1 Å². The number of hydrogen-bond acceptors (Lipinski definition) is 6. The number of nitrogens with zero attached hydrogens (tertiary/aromatic N) is 2. The molecule has 0 aliphatic carbocycles. The second-order valence-corrected chi connectivity index (χ2v) is 9.26. The van der Waals surface area contributed by atoms with Crippen molar-refractivity contribution in [3.8, 4) is 5.88 Å². The third kappa shape index (κ3) is 3.70. The third-order valence-corrected chi connectivity index (χ3v) is 7.16. The average molecular weight is 441 g/mol. The van der Waals surface area contributed by atoms with Gasteiger partial charge in [-0.05, 0) is 36.1 Å². The van der Waals surface area contributed by atoms with Gasteiger partial charge in [0.2, 0.25) is 5.88 Å². The highest BCUT2D eigenvalue weighted by molar-refractivity contribution is 7.94. The van der Waals surface area contributed by atoms with E-state index in [4.69, 9.17) is 0 Å². The van der Waals surface area contributed by atoms with Crippen molar-refractivity contribution in [1.29, 1.82) is 0 Å². The number of aromatic nitrogens is 1. The molecule has 8 nitrogen and oxygen atoms in total. The van der Waals surface area contributed by atoms with Gasteiger partial charge in [-0.1, -0.05) is 36.4 Å². The van der Waals surface area contributed by atoms with Crippen LogP contribution in [0.15, 0.2) is 74.4 Å². The molecule has 4 aromatic rings. The van der Waals surface area contributed by atoms with E-state index in [-0.39, 0.29) is 27.0 Å². The Bertz CT molecular complexity index is 1370. The number of para-hydroxylation sites is 2. The van der Waals surface area contributed by atoms with Crippen molar-refractivity contribution in [1.82, 2.24) is 4.98 Å². The van der Waals surface area contributed by atoms with Gasteiger partial charge in [-0.15, -0.1) is 21.6 Å². The van der Waals surface area contributed by atoms with Gasteiger partial charge in [-0.2, -0.15) is 0 Å². The number of hydrogen-bond donors (Lipinski definition) is 3. The smallest absolute Gasteiger partial charge is 0.297 e. The minimum Gasteiger partial charge on any atom is -0.493 e. The van der Waals surface area contributed by atoms with Gasteiger partial charge in [-0.3, -0.25) is 9.52 Å². The number of fused-ring (bicyclic) bond motifs is 1. The summed E-state index contributed by atoms with van der Waals surface area (Å²) >= 11 is 1.07. The van der Waals surface area contributed by atoms with Gasteiger partial charge in [0, 0.05) is 5.39 Å². The maximum Gasteiger partial charge on any atom is 0.297 e. The molecule has 0 unspecified atom stereocenters. The van der Waals surface area contributed by atoms with Gasteiger partial charge in [0.05, 0.1) is 16.8 Å². The second kappa shape index (κ2) is 7.73. The molecule has 152 valence electrons. The average Bonchev–Trinajstić information content (AvgIpc) is 3.36. The number of anilines is 1. The largest absolute Gasteiger partial charge is 0.493 e. The van der Waals surface area contributed by atoms with Crippen LogP contribution in [0.5, 0.6) is 5.88 Å². The van der Waals surface area contributed by atoms with Crippen molar-refractivity contribution >= 4 is 49.5 Å². The highest BCUT2D eigenvalue weighted by Gasteiger charge is 2.20. The van der Waals surface area contributed by atoms with Gasteiger partial charge in [0.15, 0.2) is 5.69 Å². The van der Waals surface area contributed by atoms with Crippen LogP contribution >= 0.6 is 11.3 Å². The number of amides is 1. The first-order chi connectivity index (χ1) is 14.4. The van der Waals surface area contributed by atoms with Crippen LogP contribution in [0.3, 0.4) is 0 Å². The number of carbonyl (C=O) groups is 1. The van der Waals surface area contributed by atoms with E-state index in [1.165, 1.54) is 18.2 Å². The highest BCUT2D eigenvalue weighted by atomic mass is 32.2. The van der Waals surface area contributed by atoms with Crippen LogP contribution in [0.25, 0.3) is 10.9 Å². The molecule has 4 rings (SSSR count). The first-order valence-corrected chi connectivity index (χ1v) is 11.1. The number of carbonyl (C=O) groups excluding carboxylic acids is 1. The highest BCUT2D eigenvalue weighted by Crippen LogP contribution is 2.36. The summed E-state index contributed by atoms with van der Waals surface area (Å²) < 4.78 is 27.6. The monoisotopic (exact) mass is 440 g/mol. The van der Waals surface area contributed by atoms with E-state index in [0.717, 1.165) is 16.9 Å². The molecule has 1 amide bonds. The molecule has 3 N–H and O–H groups in total. The number of azo groups is 1. The SMILES string of the molecule is Cc1cccc2c(N=NC(=O)c3ccccc3NS(=O)(=O)c3cccs3)c(O)[nH]c12. The third-order valence-electron chi connectivity index (χ3n) is 4.40. The number of aromatic amines is 1. The Morgan fingerprint density at radius 2 is 1.90 bits per heavy atom. The van der Waals surface area contributed by atoms with E-state index in [1.807, 2.05) is 13.0 Å². The molecule has 0 radical (unpaired) electrons. The molecule has 0 saturated carbocycles. The standard InChI is InChI=1S/C20H16N4O4S2/c1-12-6-4-8-14-17(12)21-20(26)18(14)22-23-19(25)13-7-2-3-9-15(13)24-30(27,28)16-10-5-11-29-16/h2-11,21,24,26H,1H3. The summed E-state index contributed by atoms with van der Waals surface area (Å²) in [5.74, 6) is -0.955. The molecule has 2 heterocycles. The number of rotatable bonds is 5. The van der Waals surface area contributed by atoms with E-state index >= 15 is 0 Å². The first-order valence-electron chi connectivity index (χ1n) is 8.78. The molecular weight excluding hydrogens is 424 g/mol. The number of aromatic hydroxyl groups is 1. The predicted molar refractivity (Wildman–Crippen MR) is 115 cm³/mol. The zero-order chi connectivity index (χ0) is 21.3. The normalized spacial score (nSPS) is 11.9. The Morgan fingerprint density at radius 3 is 2.67 bits per heavy atom. The Balaban J connectivity index is 1.66. The molecule has 0 bridgehead atoms. The fraction of sp³-hybridized carbons (Fsp3) is 0.0500. The number of aryl methyl sites for hydroxylation is 1. The Kier molecular flexibility index (Phi) is 5.10. The number of H-pyrrole nitrogens is 1. The molecule has 0 fully saturated rings. The zero-order valence-corrected chi connectivity index (χ0v) is 17.3. The van der Waals surface area contributed by atoms with Gasteiger partial charge >= 0.3 is 0 Å². The van der Waals surface area contributed by atoms with Crippen LogP contribution in [0.2, 0.25) is 0 Å². The Hall–Kier alpha value is -3.50. The van der Waals surface area contributed by atoms with Crippen LogP contribution in [0.4, 0.5) is 11.4 Å². The molecule has 0 aliphatic rings. The number of thiophene rings is 1. The lowest BCUT2D eigenvalue weighted by Crippen LogP contribution is -2.14. The van der Waals surface area contributed by atoms with Crippen LogP contribution < -0.4 is 4.72 Å². The van der Waals surface area contributed by atoms with E-state index < -0.39 is 15.9 Å². The fourth-order valence-electron chi connectivity index (χ4n) is 2.96. The maximum absolute atomic E-state index is 12.7. The fourth-order valence-corrected chi connectivity index (χ4v) is 5.03. The van der Waals surface area contributed by atoms with Gasteiger partial charge in [0.1, 0.15) is 4.21 Å². The lowest BCUT2D eigenvalue weighted by molar-refractivity contribution is 0.0996. The molecular formula is C20H16N4O4S2. The van der Waals surface area contributed by atoms with Crippen LogP contribution in [0.1, 0.15) is 15.9 Å². The predicted octanol–water partition coefficient (Wildman–Crippen LogP) is 4.97. The molecule has 2 aromatic heterocycles. The molecule has 30 heavy (non-hydrogen) atoms. The summed E-state index contributed by atoms with van der Waals surface area (Å²) in [5.41, 5.74) is 1.87. The van der Waals surface area contributed by atoms with Crippen molar-refractivity contribution in [2.75, 3.05) is 4.72 Å². The second-order valence-electron chi connectivity index (χ2n) is 6.41. The van der Waals surface area contributed by atoms with E-state index in [9.17, 15) is 18.3 Å². The van der Waals surface area contributed by atoms with E-state index in [2.05, 4.69) is 19.9 Å². The van der Waals surface area contributed by atoms with Gasteiger partial charge in [0.25, 0.3) is 15.9 Å². The first kappa shape index (κ1) is 19.8. The van der Waals surface area contributed by atoms with E-state index in [0.29, 0.717) is 10.9 Å². The zero-order valence-electron chi connectivity index (χ0n) is 15.7. The molecule has 2 aromatic carbocycles. The topological polar surface area (TPSA) is 124 Å². The van der Waals surface area contributed by atoms with Crippen LogP contribution in [-0.4, -0.2) is 24.4 Å². The van der Waals surface area contributed by atoms with Crippen molar-refractivity contribution in [2.45, 2.75) is 11.1 Å². The lowest BCUT2D eigenvalue weighted by atomic mass is 10.1. The summed E-state index contributed by atoms with van der Waals surface area (Å²) in [6.07, 6.45) is 0. The number of benzene rings is 2. The summed E-state index contributed by atoms with van der Waals surface area (Å²) in [5, 5.41) is 20.0. The van der Waals surface area contributed by atoms with Gasteiger partial charge < -0.3 is 10.1 Å². The number of nitrogens with one attached hydrogen (secondary N) is 2. The summed E-state index contributed by atoms with van der Waals surface area (Å²) in [4.78, 5) is 15.5. The number of sulfonamides is 1. The van der Waals surface area contributed by atoms with Gasteiger partial charge in [-0.25, -0.2) is 8.42 Å². The van der Waals surface area contributed by atoms with E-state index in [1.54, 1.807) is 35.7 Å². The Labute approximate surface area is 176 Å². The summed E-state index contributed by atoms with van der Waals surface area (Å²) in [7, 11) is -3.83. The van der Waals surface area contributed by atoms with Crippen LogP contribution in [-0.2, 0) is 10.0 Å².